The molecule has 2 atom stereocenters. The van der Waals surface area contributed by atoms with Crippen LogP contribution < -0.4 is 4.72 Å². The van der Waals surface area contributed by atoms with Crippen LogP contribution in [0.15, 0.2) is 0 Å². The van der Waals surface area contributed by atoms with Gasteiger partial charge >= 0.3 is 5.97 Å². The van der Waals surface area contributed by atoms with Crippen molar-refractivity contribution in [3.8, 4) is 0 Å². The number of hydrogen-bond donors (Lipinski definition) is 3. The second-order valence-corrected chi connectivity index (χ2v) is 7.38. The van der Waals surface area contributed by atoms with Gasteiger partial charge in [-0.25, -0.2) is 4.72 Å². The van der Waals surface area contributed by atoms with Gasteiger partial charge in [0, 0.05) is 19.6 Å². The van der Waals surface area contributed by atoms with Crippen LogP contribution in [0.5, 0.6) is 0 Å². The molecule has 1 aliphatic carbocycles. The molecule has 8 heteroatoms. The normalized spacial score (nSPS) is 29.6. The highest BCUT2D eigenvalue weighted by Crippen LogP contribution is 2.25. The fourth-order valence-electron chi connectivity index (χ4n) is 2.90. The molecule has 0 spiro atoms. The Morgan fingerprint density at radius 2 is 1.85 bits per heavy atom. The van der Waals surface area contributed by atoms with Crippen molar-refractivity contribution in [2.45, 2.75) is 38.2 Å². The molecule has 2 unspecified atom stereocenters. The van der Waals surface area contributed by atoms with Gasteiger partial charge < -0.3 is 10.2 Å². The van der Waals surface area contributed by atoms with Gasteiger partial charge in [0.2, 0.25) is 0 Å². The summed E-state index contributed by atoms with van der Waals surface area (Å²) in [6.07, 6.45) is 2.78. The third-order valence-electron chi connectivity index (χ3n) is 4.29. The number of rotatable bonds is 5. The Bertz CT molecular complexity index is 445. The summed E-state index contributed by atoms with van der Waals surface area (Å²) in [6.45, 7) is 0.724. The van der Waals surface area contributed by atoms with E-state index < -0.39 is 28.2 Å². The second-order valence-electron chi connectivity index (χ2n) is 5.62. The molecule has 2 rings (SSSR count). The van der Waals surface area contributed by atoms with Gasteiger partial charge in [-0.05, 0) is 31.6 Å². The zero-order valence-electron chi connectivity index (χ0n) is 11.4. The topological polar surface area (TPSA) is 107 Å². The minimum Gasteiger partial charge on any atom is -0.481 e. The van der Waals surface area contributed by atoms with E-state index in [2.05, 4.69) is 4.72 Å². The van der Waals surface area contributed by atoms with E-state index in [4.69, 9.17) is 5.11 Å². The first-order valence-corrected chi connectivity index (χ1v) is 8.50. The van der Waals surface area contributed by atoms with E-state index in [1.54, 1.807) is 0 Å². The SMILES string of the molecule is O=C(O)C1CCN(S(=O)(=O)NCC2CCCC2O)CC1. The first-order chi connectivity index (χ1) is 9.40. The fourth-order valence-corrected chi connectivity index (χ4v) is 4.20. The van der Waals surface area contributed by atoms with Crippen LogP contribution in [0.3, 0.4) is 0 Å². The van der Waals surface area contributed by atoms with E-state index in [0.29, 0.717) is 12.8 Å². The zero-order valence-corrected chi connectivity index (χ0v) is 12.2. The lowest BCUT2D eigenvalue weighted by atomic mass is 9.99. The van der Waals surface area contributed by atoms with Crippen LogP contribution in [0.4, 0.5) is 0 Å². The third kappa shape index (κ3) is 3.69. The first kappa shape index (κ1) is 15.7. The van der Waals surface area contributed by atoms with Gasteiger partial charge in [-0.3, -0.25) is 4.79 Å². The van der Waals surface area contributed by atoms with Crippen molar-refractivity contribution in [2.75, 3.05) is 19.6 Å². The Kier molecular flexibility index (Phi) is 5.00. The average Bonchev–Trinajstić information content (AvgIpc) is 2.82. The van der Waals surface area contributed by atoms with Crippen LogP contribution in [-0.4, -0.2) is 54.6 Å². The lowest BCUT2D eigenvalue weighted by Crippen LogP contribution is -2.47. The molecular formula is C12H22N2O5S. The maximum Gasteiger partial charge on any atom is 0.306 e. The zero-order chi connectivity index (χ0) is 14.8. The second kappa shape index (κ2) is 6.38. The van der Waals surface area contributed by atoms with Crippen LogP contribution in [-0.2, 0) is 15.0 Å². The van der Waals surface area contributed by atoms with E-state index in [9.17, 15) is 18.3 Å². The Morgan fingerprint density at radius 1 is 1.20 bits per heavy atom. The number of carboxylic acids is 1. The molecule has 1 aliphatic heterocycles. The Morgan fingerprint density at radius 3 is 2.35 bits per heavy atom. The summed E-state index contributed by atoms with van der Waals surface area (Å²) in [6, 6.07) is 0. The molecule has 3 N–H and O–H groups in total. The summed E-state index contributed by atoms with van der Waals surface area (Å²) < 4.78 is 28.1. The van der Waals surface area contributed by atoms with E-state index >= 15 is 0 Å². The molecule has 0 amide bonds. The van der Waals surface area contributed by atoms with Crippen LogP contribution in [0, 0.1) is 11.8 Å². The molecule has 0 bridgehead atoms. The summed E-state index contributed by atoms with van der Waals surface area (Å²) in [5, 5.41) is 18.6. The van der Waals surface area contributed by atoms with Crippen molar-refractivity contribution in [3.05, 3.63) is 0 Å². The minimum atomic E-state index is -3.56. The van der Waals surface area contributed by atoms with E-state index in [1.807, 2.05) is 0 Å². The van der Waals surface area contributed by atoms with Crippen molar-refractivity contribution in [1.82, 2.24) is 9.03 Å². The molecule has 0 radical (unpaired) electrons. The van der Waals surface area contributed by atoms with Crippen molar-refractivity contribution < 1.29 is 23.4 Å². The predicted octanol–water partition coefficient (Wildman–Crippen LogP) is -0.222. The highest BCUT2D eigenvalue weighted by atomic mass is 32.2. The highest BCUT2D eigenvalue weighted by molar-refractivity contribution is 7.87. The third-order valence-corrected chi connectivity index (χ3v) is 5.87. The number of aliphatic carboxylic acids is 1. The summed E-state index contributed by atoms with van der Waals surface area (Å²) in [5.74, 6) is -1.32. The first-order valence-electron chi connectivity index (χ1n) is 7.06. The molecule has 1 heterocycles. The largest absolute Gasteiger partial charge is 0.481 e. The van der Waals surface area contributed by atoms with Crippen LogP contribution >= 0.6 is 0 Å². The molecule has 2 fully saturated rings. The van der Waals surface area contributed by atoms with Crippen molar-refractivity contribution in [2.24, 2.45) is 11.8 Å². The van der Waals surface area contributed by atoms with Crippen LogP contribution in [0.2, 0.25) is 0 Å². The lowest BCUT2D eigenvalue weighted by Gasteiger charge is -2.29. The summed E-state index contributed by atoms with van der Waals surface area (Å²) in [4.78, 5) is 10.8. The lowest BCUT2D eigenvalue weighted by molar-refractivity contribution is -0.142. The molecular weight excluding hydrogens is 284 g/mol. The predicted molar refractivity (Wildman–Crippen MR) is 72.2 cm³/mol. The molecule has 0 aromatic rings. The summed E-state index contributed by atoms with van der Waals surface area (Å²) in [5.41, 5.74) is 0. The smallest absolute Gasteiger partial charge is 0.306 e. The fraction of sp³-hybridized carbons (Fsp3) is 0.917. The molecule has 116 valence electrons. The van der Waals surface area contributed by atoms with Gasteiger partial charge in [0.05, 0.1) is 12.0 Å². The van der Waals surface area contributed by atoms with Crippen molar-refractivity contribution in [3.63, 3.8) is 0 Å². The van der Waals surface area contributed by atoms with Gasteiger partial charge in [0.25, 0.3) is 10.2 Å². The van der Waals surface area contributed by atoms with Crippen molar-refractivity contribution in [1.29, 1.82) is 0 Å². The van der Waals surface area contributed by atoms with E-state index in [-0.39, 0.29) is 25.6 Å². The van der Waals surface area contributed by atoms with Crippen LogP contribution in [0.1, 0.15) is 32.1 Å². The number of piperidine rings is 1. The molecule has 0 aromatic carbocycles. The Labute approximate surface area is 119 Å². The molecule has 20 heavy (non-hydrogen) atoms. The number of aliphatic hydroxyl groups excluding tert-OH is 1. The number of carboxylic acid groups (broad SMARTS) is 1. The quantitative estimate of drug-likeness (QED) is 0.651. The number of carbonyl (C=O) groups is 1. The van der Waals surface area contributed by atoms with Gasteiger partial charge in [0.15, 0.2) is 0 Å². The van der Waals surface area contributed by atoms with Gasteiger partial charge in [-0.2, -0.15) is 12.7 Å². The average molecular weight is 306 g/mol. The minimum absolute atomic E-state index is 0.0127. The standard InChI is InChI=1S/C12H22N2O5S/c15-11-3-1-2-10(11)8-13-20(18,19)14-6-4-9(5-7-14)12(16)17/h9-11,13,15H,1-8H2,(H,16,17). The van der Waals surface area contributed by atoms with Gasteiger partial charge in [0.1, 0.15) is 0 Å². The number of hydrogen-bond acceptors (Lipinski definition) is 4. The highest BCUT2D eigenvalue weighted by Gasteiger charge is 2.32. The van der Waals surface area contributed by atoms with Crippen LogP contribution in [0.25, 0.3) is 0 Å². The number of nitrogens with zero attached hydrogens (tertiary/aromatic N) is 1. The van der Waals surface area contributed by atoms with Crippen molar-refractivity contribution >= 4 is 16.2 Å². The number of nitrogens with one attached hydrogen (secondary N) is 1. The van der Waals surface area contributed by atoms with E-state index in [1.165, 1.54) is 4.31 Å². The summed E-state index contributed by atoms with van der Waals surface area (Å²) in [7, 11) is -3.56. The maximum atomic E-state index is 12.1. The Hall–Kier alpha value is -0.700. The van der Waals surface area contributed by atoms with Gasteiger partial charge in [-0.1, -0.05) is 6.42 Å². The monoisotopic (exact) mass is 306 g/mol. The maximum absolute atomic E-state index is 12.1. The van der Waals surface area contributed by atoms with E-state index in [0.717, 1.165) is 19.3 Å². The Balaban J connectivity index is 1.83. The molecule has 1 saturated heterocycles. The van der Waals surface area contributed by atoms with Gasteiger partial charge in [-0.15, -0.1) is 0 Å². The summed E-state index contributed by atoms with van der Waals surface area (Å²) >= 11 is 0. The molecule has 0 aromatic heterocycles. The number of aliphatic hydroxyl groups is 1. The molecule has 1 saturated carbocycles. The molecule has 7 nitrogen and oxygen atoms in total. The molecule has 2 aliphatic rings.